The summed E-state index contributed by atoms with van der Waals surface area (Å²) in [7, 11) is 3.55. The van der Waals surface area contributed by atoms with Gasteiger partial charge in [-0.2, -0.15) is 0 Å². The summed E-state index contributed by atoms with van der Waals surface area (Å²) in [6.45, 7) is 0. The minimum absolute atomic E-state index is 0.00317. The third-order valence-electron chi connectivity index (χ3n) is 2.69. The van der Waals surface area contributed by atoms with Crippen LogP contribution < -0.4 is 10.1 Å². The fourth-order valence-corrected chi connectivity index (χ4v) is 2.71. The van der Waals surface area contributed by atoms with Gasteiger partial charge in [0.25, 0.3) is 0 Å². The van der Waals surface area contributed by atoms with Crippen molar-refractivity contribution in [1.82, 2.24) is 5.32 Å². The maximum atomic E-state index is 5.60. The Morgan fingerprint density at radius 1 is 1.22 bits per heavy atom. The van der Waals surface area contributed by atoms with Gasteiger partial charge in [0, 0.05) is 4.47 Å². The van der Waals surface area contributed by atoms with Gasteiger partial charge in [-0.1, -0.05) is 22.0 Å². The second-order valence-electron chi connectivity index (χ2n) is 3.75. The van der Waals surface area contributed by atoms with Crippen molar-refractivity contribution in [1.29, 1.82) is 0 Å². The highest BCUT2D eigenvalue weighted by Gasteiger charge is 2.18. The molecule has 0 spiro atoms. The number of hydrogen-bond donors (Lipinski definition) is 1. The highest BCUT2D eigenvalue weighted by Crippen LogP contribution is 2.32. The van der Waals surface area contributed by atoms with Gasteiger partial charge >= 0.3 is 0 Å². The van der Waals surface area contributed by atoms with Crippen LogP contribution >= 0.6 is 31.9 Å². The molecular weight excluding hydrogens is 362 g/mol. The molecule has 18 heavy (non-hydrogen) atoms. The monoisotopic (exact) mass is 373 g/mol. The summed E-state index contributed by atoms with van der Waals surface area (Å²) < 4.78 is 12.5. The molecule has 0 amide bonds. The van der Waals surface area contributed by atoms with E-state index in [2.05, 4.69) is 37.2 Å². The Labute approximate surface area is 123 Å². The molecule has 0 radical (unpaired) electrons. The molecule has 1 N–H and O–H groups in total. The van der Waals surface area contributed by atoms with Crippen LogP contribution in [0, 0.1) is 0 Å². The first-order chi connectivity index (χ1) is 8.65. The molecule has 0 bridgehead atoms. The van der Waals surface area contributed by atoms with Gasteiger partial charge < -0.3 is 14.5 Å². The minimum Gasteiger partial charge on any atom is -0.497 e. The van der Waals surface area contributed by atoms with Crippen LogP contribution in [-0.2, 0) is 0 Å². The number of nitrogens with one attached hydrogen (secondary N) is 1. The molecular formula is C13H13Br2NO2. The van der Waals surface area contributed by atoms with Crippen LogP contribution in [0.5, 0.6) is 5.75 Å². The molecule has 0 aliphatic heterocycles. The Hall–Kier alpha value is -0.780. The van der Waals surface area contributed by atoms with E-state index in [1.54, 1.807) is 7.11 Å². The quantitative estimate of drug-likeness (QED) is 0.873. The molecule has 2 aromatic rings. The van der Waals surface area contributed by atoms with Gasteiger partial charge in [-0.3, -0.25) is 0 Å². The maximum Gasteiger partial charge on any atom is 0.169 e. The average Bonchev–Trinajstić information content (AvgIpc) is 2.78. The van der Waals surface area contributed by atoms with E-state index < -0.39 is 0 Å². The molecule has 1 atom stereocenters. The van der Waals surface area contributed by atoms with E-state index >= 15 is 0 Å². The van der Waals surface area contributed by atoms with Gasteiger partial charge in [0.1, 0.15) is 11.5 Å². The van der Waals surface area contributed by atoms with E-state index in [-0.39, 0.29) is 6.04 Å². The zero-order valence-corrected chi connectivity index (χ0v) is 13.2. The second-order valence-corrected chi connectivity index (χ2v) is 5.39. The molecule has 0 saturated heterocycles. The summed E-state index contributed by atoms with van der Waals surface area (Å²) in [6, 6.07) is 9.72. The van der Waals surface area contributed by atoms with Crippen molar-refractivity contribution in [3.05, 3.63) is 50.8 Å². The average molecular weight is 375 g/mol. The zero-order chi connectivity index (χ0) is 13.1. The molecule has 2 rings (SSSR count). The summed E-state index contributed by atoms with van der Waals surface area (Å²) >= 11 is 6.88. The minimum atomic E-state index is -0.00317. The molecule has 1 aromatic carbocycles. The van der Waals surface area contributed by atoms with Crippen LogP contribution in [0.2, 0.25) is 0 Å². The van der Waals surface area contributed by atoms with Crippen molar-refractivity contribution in [2.24, 2.45) is 0 Å². The molecule has 5 heteroatoms. The Bertz CT molecular complexity index is 540. The lowest BCUT2D eigenvalue weighted by atomic mass is 10.0. The number of ether oxygens (including phenoxy) is 1. The van der Waals surface area contributed by atoms with Crippen molar-refractivity contribution < 1.29 is 9.15 Å². The highest BCUT2D eigenvalue weighted by molar-refractivity contribution is 9.10. The number of benzene rings is 1. The Balaban J connectivity index is 2.39. The predicted molar refractivity (Wildman–Crippen MR) is 78.0 cm³/mol. The van der Waals surface area contributed by atoms with Gasteiger partial charge in [-0.15, -0.1) is 0 Å². The van der Waals surface area contributed by atoms with E-state index in [9.17, 15) is 0 Å². The number of methoxy groups -OCH3 is 1. The molecule has 96 valence electrons. The lowest BCUT2D eigenvalue weighted by Crippen LogP contribution is -2.17. The van der Waals surface area contributed by atoms with Gasteiger partial charge in [0.05, 0.1) is 13.2 Å². The molecule has 3 nitrogen and oxygen atoms in total. The summed E-state index contributed by atoms with van der Waals surface area (Å²) in [4.78, 5) is 0. The zero-order valence-electron chi connectivity index (χ0n) is 10.0. The summed E-state index contributed by atoms with van der Waals surface area (Å²) in [5.41, 5.74) is 1.10. The molecule has 1 heterocycles. The van der Waals surface area contributed by atoms with Crippen LogP contribution in [-0.4, -0.2) is 14.2 Å². The number of rotatable bonds is 4. The van der Waals surface area contributed by atoms with Crippen molar-refractivity contribution >= 4 is 31.9 Å². The highest BCUT2D eigenvalue weighted by atomic mass is 79.9. The Kier molecular flexibility index (Phi) is 4.48. The first kappa shape index (κ1) is 13.6. The number of furan rings is 1. The third kappa shape index (κ3) is 2.79. The smallest absolute Gasteiger partial charge is 0.169 e. The van der Waals surface area contributed by atoms with Crippen LogP contribution in [0.4, 0.5) is 0 Å². The van der Waals surface area contributed by atoms with Gasteiger partial charge in [0.15, 0.2) is 4.67 Å². The normalized spacial score (nSPS) is 12.4. The lowest BCUT2D eigenvalue weighted by molar-refractivity contribution is 0.413. The van der Waals surface area contributed by atoms with Crippen LogP contribution in [0.3, 0.4) is 0 Å². The molecule has 1 aromatic heterocycles. The van der Waals surface area contributed by atoms with Crippen molar-refractivity contribution in [2.45, 2.75) is 6.04 Å². The Morgan fingerprint density at radius 3 is 2.50 bits per heavy atom. The molecule has 0 aliphatic carbocycles. The summed E-state index contributed by atoms with van der Waals surface area (Å²) in [6.07, 6.45) is 0. The van der Waals surface area contributed by atoms with E-state index in [4.69, 9.17) is 9.15 Å². The Morgan fingerprint density at radius 2 is 2.00 bits per heavy atom. The van der Waals surface area contributed by atoms with Crippen molar-refractivity contribution in [2.75, 3.05) is 14.2 Å². The van der Waals surface area contributed by atoms with Crippen LogP contribution in [0.1, 0.15) is 17.4 Å². The molecule has 0 aliphatic rings. The predicted octanol–water partition coefficient (Wildman–Crippen LogP) is 4.12. The van der Waals surface area contributed by atoms with E-state index in [1.165, 1.54) is 0 Å². The van der Waals surface area contributed by atoms with Gasteiger partial charge in [-0.25, -0.2) is 0 Å². The topological polar surface area (TPSA) is 34.4 Å². The largest absolute Gasteiger partial charge is 0.497 e. The number of hydrogen-bond acceptors (Lipinski definition) is 3. The first-order valence-corrected chi connectivity index (χ1v) is 7.00. The van der Waals surface area contributed by atoms with E-state index in [0.29, 0.717) is 0 Å². The molecule has 0 saturated carbocycles. The van der Waals surface area contributed by atoms with E-state index in [0.717, 1.165) is 26.2 Å². The first-order valence-electron chi connectivity index (χ1n) is 5.41. The third-order valence-corrected chi connectivity index (χ3v) is 3.80. The maximum absolute atomic E-state index is 5.60. The van der Waals surface area contributed by atoms with Crippen LogP contribution in [0.15, 0.2) is 43.9 Å². The lowest BCUT2D eigenvalue weighted by Gasteiger charge is -2.16. The van der Waals surface area contributed by atoms with Crippen molar-refractivity contribution in [3.63, 3.8) is 0 Å². The fraction of sp³-hybridized carbons (Fsp3) is 0.231. The second kappa shape index (κ2) is 5.91. The van der Waals surface area contributed by atoms with Gasteiger partial charge in [-0.05, 0) is 52.8 Å². The summed E-state index contributed by atoms with van der Waals surface area (Å²) in [5, 5.41) is 3.24. The van der Waals surface area contributed by atoms with Crippen molar-refractivity contribution in [3.8, 4) is 5.75 Å². The van der Waals surface area contributed by atoms with E-state index in [1.807, 2.05) is 37.4 Å². The molecule has 1 unspecified atom stereocenters. The fourth-order valence-electron chi connectivity index (χ4n) is 1.80. The standard InChI is InChI=1S/C13H13Br2NO2/c1-16-13(11-5-6-12(15)18-11)9-4-3-8(17-2)7-10(9)14/h3-7,13,16H,1-2H3. The molecule has 0 fully saturated rings. The van der Waals surface area contributed by atoms with Gasteiger partial charge in [0.2, 0.25) is 0 Å². The SMILES string of the molecule is CNC(c1ccc(Br)o1)c1ccc(OC)cc1Br. The summed E-state index contributed by atoms with van der Waals surface area (Å²) in [5.74, 6) is 1.68. The van der Waals surface area contributed by atoms with Crippen LogP contribution in [0.25, 0.3) is 0 Å². The number of halogens is 2.